The number of likely N-dealkylation sites (tertiary alicyclic amines) is 1. The first kappa shape index (κ1) is 11.9. The van der Waals surface area contributed by atoms with Crippen molar-refractivity contribution in [2.24, 2.45) is 0 Å². The first-order valence-electron chi connectivity index (χ1n) is 5.73. The second-order valence-electron chi connectivity index (χ2n) is 4.31. The molecule has 1 aromatic rings. The molecule has 1 fully saturated rings. The van der Waals surface area contributed by atoms with Gasteiger partial charge in [0.2, 0.25) is 5.91 Å². The normalized spacial score (nSPS) is 17.5. The van der Waals surface area contributed by atoms with Gasteiger partial charge >= 0.3 is 0 Å². The molecule has 0 radical (unpaired) electrons. The van der Waals surface area contributed by atoms with E-state index in [1.165, 1.54) is 3.57 Å². The molecule has 2 rings (SSSR count). The van der Waals surface area contributed by atoms with Crippen LogP contribution in [0.15, 0.2) is 24.3 Å². The van der Waals surface area contributed by atoms with Gasteiger partial charge in [0.05, 0.1) is 5.92 Å². The molecule has 0 spiro atoms. The summed E-state index contributed by atoms with van der Waals surface area (Å²) in [5.74, 6) is 0.272. The third-order valence-corrected chi connectivity index (χ3v) is 3.88. The molecule has 1 heterocycles. The molecular formula is C13H16INO. The Morgan fingerprint density at radius 1 is 1.25 bits per heavy atom. The number of carbonyl (C=O) groups is 1. The van der Waals surface area contributed by atoms with Crippen LogP contribution in [0.4, 0.5) is 0 Å². The lowest BCUT2D eigenvalue weighted by Gasteiger charge is -2.20. The van der Waals surface area contributed by atoms with Crippen LogP contribution in [-0.2, 0) is 4.79 Å². The molecule has 0 saturated carbocycles. The predicted molar refractivity (Wildman–Crippen MR) is 73.4 cm³/mol. The Balaban J connectivity index is 2.08. The fourth-order valence-corrected chi connectivity index (χ4v) is 2.46. The summed E-state index contributed by atoms with van der Waals surface area (Å²) in [6.07, 6.45) is 2.32. The molecule has 0 aliphatic carbocycles. The van der Waals surface area contributed by atoms with Crippen molar-refractivity contribution < 1.29 is 4.79 Å². The van der Waals surface area contributed by atoms with E-state index < -0.39 is 0 Å². The zero-order valence-electron chi connectivity index (χ0n) is 9.45. The van der Waals surface area contributed by atoms with E-state index in [0.29, 0.717) is 0 Å². The van der Waals surface area contributed by atoms with Gasteiger partial charge in [-0.3, -0.25) is 4.79 Å². The van der Waals surface area contributed by atoms with Gasteiger partial charge in [-0.1, -0.05) is 12.1 Å². The lowest BCUT2D eigenvalue weighted by atomic mass is 10.00. The van der Waals surface area contributed by atoms with E-state index in [1.807, 2.05) is 11.8 Å². The molecule has 1 amide bonds. The van der Waals surface area contributed by atoms with E-state index in [1.54, 1.807) is 0 Å². The molecule has 0 N–H and O–H groups in total. The number of carbonyl (C=O) groups excluding carboxylic acids is 1. The highest BCUT2D eigenvalue weighted by atomic mass is 127. The van der Waals surface area contributed by atoms with Gasteiger partial charge in [-0.2, -0.15) is 0 Å². The van der Waals surface area contributed by atoms with Crippen molar-refractivity contribution in [2.75, 3.05) is 13.1 Å². The monoisotopic (exact) mass is 329 g/mol. The molecule has 1 saturated heterocycles. The van der Waals surface area contributed by atoms with Crippen LogP contribution >= 0.6 is 22.6 Å². The van der Waals surface area contributed by atoms with Crippen molar-refractivity contribution in [1.29, 1.82) is 0 Å². The van der Waals surface area contributed by atoms with Crippen molar-refractivity contribution >= 4 is 28.5 Å². The minimum Gasteiger partial charge on any atom is -0.342 e. The second kappa shape index (κ2) is 5.17. The van der Waals surface area contributed by atoms with Gasteiger partial charge in [-0.05, 0) is 60.1 Å². The largest absolute Gasteiger partial charge is 0.342 e. The van der Waals surface area contributed by atoms with Crippen molar-refractivity contribution in [1.82, 2.24) is 4.90 Å². The topological polar surface area (TPSA) is 20.3 Å². The second-order valence-corrected chi connectivity index (χ2v) is 5.55. The van der Waals surface area contributed by atoms with Crippen LogP contribution in [0, 0.1) is 3.57 Å². The number of hydrogen-bond donors (Lipinski definition) is 0. The molecule has 1 aliphatic heterocycles. The quantitative estimate of drug-likeness (QED) is 0.764. The number of nitrogens with zero attached hydrogens (tertiary/aromatic N) is 1. The van der Waals surface area contributed by atoms with Gasteiger partial charge in [-0.15, -0.1) is 0 Å². The SMILES string of the molecule is CC(C(=O)N1CCCC1)c1ccc(I)cc1. The maximum Gasteiger partial charge on any atom is 0.229 e. The van der Waals surface area contributed by atoms with Gasteiger partial charge in [0.1, 0.15) is 0 Å². The van der Waals surface area contributed by atoms with E-state index in [9.17, 15) is 4.79 Å². The van der Waals surface area contributed by atoms with E-state index >= 15 is 0 Å². The summed E-state index contributed by atoms with van der Waals surface area (Å²) in [4.78, 5) is 14.1. The number of benzene rings is 1. The van der Waals surface area contributed by atoms with Crippen LogP contribution in [0.1, 0.15) is 31.2 Å². The highest BCUT2D eigenvalue weighted by molar-refractivity contribution is 14.1. The van der Waals surface area contributed by atoms with Crippen LogP contribution in [-0.4, -0.2) is 23.9 Å². The first-order chi connectivity index (χ1) is 7.68. The molecule has 3 heteroatoms. The molecule has 16 heavy (non-hydrogen) atoms. The zero-order valence-corrected chi connectivity index (χ0v) is 11.6. The minimum absolute atomic E-state index is 0.00454. The van der Waals surface area contributed by atoms with E-state index in [-0.39, 0.29) is 11.8 Å². The molecule has 1 aliphatic rings. The Kier molecular flexibility index (Phi) is 3.84. The van der Waals surface area contributed by atoms with Gasteiger partial charge in [-0.25, -0.2) is 0 Å². The molecule has 86 valence electrons. The van der Waals surface area contributed by atoms with E-state index in [2.05, 4.69) is 46.9 Å². The third-order valence-electron chi connectivity index (χ3n) is 3.16. The highest BCUT2D eigenvalue weighted by Crippen LogP contribution is 2.21. The first-order valence-corrected chi connectivity index (χ1v) is 6.80. The van der Waals surface area contributed by atoms with Crippen molar-refractivity contribution in [3.05, 3.63) is 33.4 Å². The van der Waals surface area contributed by atoms with E-state index in [0.717, 1.165) is 31.5 Å². The molecule has 0 aromatic heterocycles. The lowest BCUT2D eigenvalue weighted by Crippen LogP contribution is -2.31. The predicted octanol–water partition coefficient (Wildman–Crippen LogP) is 3.02. The Bertz CT molecular complexity index is 368. The van der Waals surface area contributed by atoms with Crippen molar-refractivity contribution in [3.8, 4) is 0 Å². The Morgan fingerprint density at radius 3 is 2.38 bits per heavy atom. The minimum atomic E-state index is -0.00454. The van der Waals surface area contributed by atoms with E-state index in [4.69, 9.17) is 0 Å². The summed E-state index contributed by atoms with van der Waals surface area (Å²) >= 11 is 2.28. The standard InChI is InChI=1S/C13H16INO/c1-10(11-4-6-12(14)7-5-11)13(16)15-8-2-3-9-15/h4-7,10H,2-3,8-9H2,1H3. The van der Waals surface area contributed by atoms with Gasteiger partial charge in [0.15, 0.2) is 0 Å². The molecule has 1 unspecified atom stereocenters. The summed E-state index contributed by atoms with van der Waals surface area (Å²) < 4.78 is 1.21. The van der Waals surface area contributed by atoms with Gasteiger partial charge in [0.25, 0.3) is 0 Å². The maximum atomic E-state index is 12.2. The Labute approximate surface area is 110 Å². The van der Waals surface area contributed by atoms with Gasteiger partial charge in [0, 0.05) is 16.7 Å². The molecular weight excluding hydrogens is 313 g/mol. The van der Waals surface area contributed by atoms with Crippen LogP contribution in [0.5, 0.6) is 0 Å². The fraction of sp³-hybridized carbons (Fsp3) is 0.462. The smallest absolute Gasteiger partial charge is 0.229 e. The number of hydrogen-bond acceptors (Lipinski definition) is 1. The molecule has 1 atom stereocenters. The highest BCUT2D eigenvalue weighted by Gasteiger charge is 2.23. The Hall–Kier alpha value is -0.580. The molecule has 0 bridgehead atoms. The summed E-state index contributed by atoms with van der Waals surface area (Å²) in [7, 11) is 0. The van der Waals surface area contributed by atoms with Crippen LogP contribution in [0.3, 0.4) is 0 Å². The fourth-order valence-electron chi connectivity index (χ4n) is 2.11. The van der Waals surface area contributed by atoms with Crippen LogP contribution < -0.4 is 0 Å². The summed E-state index contributed by atoms with van der Waals surface area (Å²) in [6, 6.07) is 8.23. The average Bonchev–Trinajstić information content (AvgIpc) is 2.81. The van der Waals surface area contributed by atoms with Gasteiger partial charge < -0.3 is 4.90 Å². The number of amides is 1. The summed E-state index contributed by atoms with van der Waals surface area (Å²) in [5.41, 5.74) is 1.12. The number of rotatable bonds is 2. The van der Waals surface area contributed by atoms with Crippen molar-refractivity contribution in [2.45, 2.75) is 25.7 Å². The molecule has 2 nitrogen and oxygen atoms in total. The summed E-state index contributed by atoms with van der Waals surface area (Å²) in [6.45, 7) is 3.88. The average molecular weight is 329 g/mol. The molecule has 1 aromatic carbocycles. The van der Waals surface area contributed by atoms with Crippen LogP contribution in [0.2, 0.25) is 0 Å². The zero-order chi connectivity index (χ0) is 11.5. The lowest BCUT2D eigenvalue weighted by molar-refractivity contribution is -0.131. The maximum absolute atomic E-state index is 12.2. The van der Waals surface area contributed by atoms with Crippen molar-refractivity contribution in [3.63, 3.8) is 0 Å². The summed E-state index contributed by atoms with van der Waals surface area (Å²) in [5, 5.41) is 0. The number of halogens is 1. The third kappa shape index (κ3) is 2.56. The van der Waals surface area contributed by atoms with Crippen LogP contribution in [0.25, 0.3) is 0 Å². The Morgan fingerprint density at radius 2 is 1.81 bits per heavy atom.